The Bertz CT molecular complexity index is 521. The number of halogens is 2. The first-order valence-corrected chi connectivity index (χ1v) is 8.10. The van der Waals surface area contributed by atoms with Gasteiger partial charge in [0.2, 0.25) is 5.91 Å². The summed E-state index contributed by atoms with van der Waals surface area (Å²) < 4.78 is 0. The number of benzene rings is 1. The third kappa shape index (κ3) is 3.91. The summed E-state index contributed by atoms with van der Waals surface area (Å²) >= 11 is 12.2. The molecule has 1 aliphatic heterocycles. The summed E-state index contributed by atoms with van der Waals surface area (Å²) in [6.07, 6.45) is 1.79. The number of rotatable bonds is 3. The molecule has 0 saturated carbocycles. The minimum absolute atomic E-state index is 0.0625. The van der Waals surface area contributed by atoms with Crippen LogP contribution in [0.2, 0.25) is 10.0 Å². The largest absolute Gasteiger partial charge is 0.339 e. The molecule has 0 aromatic heterocycles. The van der Waals surface area contributed by atoms with Crippen LogP contribution in [0.5, 0.6) is 0 Å². The van der Waals surface area contributed by atoms with Crippen LogP contribution < -0.4 is 5.32 Å². The molecule has 2 rings (SSSR count). The predicted octanol–water partition coefficient (Wildman–Crippen LogP) is 3.90. The number of nitrogens with zero attached hydrogens (tertiary/aromatic N) is 1. The Morgan fingerprint density at radius 1 is 1.43 bits per heavy atom. The Balaban J connectivity index is 2.10. The Hall–Kier alpha value is -0.770. The summed E-state index contributed by atoms with van der Waals surface area (Å²) in [6, 6.07) is 5.76. The highest BCUT2D eigenvalue weighted by molar-refractivity contribution is 6.35. The van der Waals surface area contributed by atoms with E-state index in [9.17, 15) is 4.79 Å². The second kappa shape index (κ2) is 6.99. The Labute approximate surface area is 136 Å². The normalized spacial score (nSPS) is 23.7. The second-order valence-electron chi connectivity index (χ2n) is 5.87. The summed E-state index contributed by atoms with van der Waals surface area (Å²) in [7, 11) is 1.85. The lowest BCUT2D eigenvalue weighted by atomic mass is 9.91. The molecule has 21 heavy (non-hydrogen) atoms. The Morgan fingerprint density at radius 2 is 2.14 bits per heavy atom. The second-order valence-corrected chi connectivity index (χ2v) is 6.71. The van der Waals surface area contributed by atoms with Crippen molar-refractivity contribution in [3.05, 3.63) is 33.8 Å². The zero-order chi connectivity index (χ0) is 15.6. The zero-order valence-corrected chi connectivity index (χ0v) is 14.2. The highest BCUT2D eigenvalue weighted by Gasteiger charge is 2.29. The Morgan fingerprint density at radius 3 is 2.76 bits per heavy atom. The maximum absolute atomic E-state index is 12.7. The number of nitrogens with one attached hydrogen (secondary N) is 1. The molecule has 1 N–H and O–H groups in total. The van der Waals surface area contributed by atoms with Crippen molar-refractivity contribution in [2.24, 2.45) is 5.92 Å². The molecule has 1 aromatic carbocycles. The van der Waals surface area contributed by atoms with Gasteiger partial charge in [0.15, 0.2) is 0 Å². The molecule has 0 bridgehead atoms. The fourth-order valence-electron chi connectivity index (χ4n) is 2.88. The van der Waals surface area contributed by atoms with Gasteiger partial charge in [0.1, 0.15) is 0 Å². The van der Waals surface area contributed by atoms with Gasteiger partial charge in [-0.1, -0.05) is 29.3 Å². The molecular weight excluding hydrogens is 307 g/mol. The summed E-state index contributed by atoms with van der Waals surface area (Å²) in [5, 5.41) is 4.59. The molecule has 116 valence electrons. The maximum Gasteiger partial charge on any atom is 0.226 e. The SMILES string of the molecule is CC1CC(C(=O)N(C)C(C)c2ccc(Cl)cc2Cl)CCN1. The first kappa shape index (κ1) is 16.6. The highest BCUT2D eigenvalue weighted by Crippen LogP contribution is 2.30. The molecule has 1 heterocycles. The molecule has 1 fully saturated rings. The van der Waals surface area contributed by atoms with Crippen molar-refractivity contribution in [1.82, 2.24) is 10.2 Å². The van der Waals surface area contributed by atoms with Crippen LogP contribution >= 0.6 is 23.2 Å². The van der Waals surface area contributed by atoms with Gasteiger partial charge in [-0.05, 0) is 50.9 Å². The van der Waals surface area contributed by atoms with Gasteiger partial charge in [-0.25, -0.2) is 0 Å². The van der Waals surface area contributed by atoms with E-state index in [0.717, 1.165) is 24.9 Å². The zero-order valence-electron chi connectivity index (χ0n) is 12.7. The average molecular weight is 329 g/mol. The minimum Gasteiger partial charge on any atom is -0.339 e. The minimum atomic E-state index is -0.0625. The highest BCUT2D eigenvalue weighted by atomic mass is 35.5. The van der Waals surface area contributed by atoms with E-state index in [4.69, 9.17) is 23.2 Å². The summed E-state index contributed by atoms with van der Waals surface area (Å²) in [5.41, 5.74) is 0.930. The lowest BCUT2D eigenvalue weighted by Gasteiger charge is -2.33. The molecule has 5 heteroatoms. The molecule has 1 amide bonds. The molecule has 3 atom stereocenters. The molecule has 1 aliphatic rings. The van der Waals surface area contributed by atoms with Gasteiger partial charge in [0.05, 0.1) is 6.04 Å². The van der Waals surface area contributed by atoms with Crippen molar-refractivity contribution >= 4 is 29.1 Å². The van der Waals surface area contributed by atoms with Crippen molar-refractivity contribution in [2.75, 3.05) is 13.6 Å². The molecular formula is C16H22Cl2N2O. The summed E-state index contributed by atoms with van der Waals surface area (Å²) in [6.45, 7) is 5.03. The van der Waals surface area contributed by atoms with E-state index in [1.165, 1.54) is 0 Å². The van der Waals surface area contributed by atoms with Crippen LogP contribution in [-0.2, 0) is 4.79 Å². The summed E-state index contributed by atoms with van der Waals surface area (Å²) in [5.74, 6) is 0.293. The molecule has 0 aliphatic carbocycles. The van der Waals surface area contributed by atoms with Crippen molar-refractivity contribution in [3.63, 3.8) is 0 Å². The van der Waals surface area contributed by atoms with E-state index in [0.29, 0.717) is 16.1 Å². The predicted molar refractivity (Wildman–Crippen MR) is 87.8 cm³/mol. The maximum atomic E-state index is 12.7. The van der Waals surface area contributed by atoms with Crippen molar-refractivity contribution in [3.8, 4) is 0 Å². The molecule has 1 saturated heterocycles. The lowest BCUT2D eigenvalue weighted by molar-refractivity contribution is -0.137. The number of carbonyl (C=O) groups excluding carboxylic acids is 1. The quantitative estimate of drug-likeness (QED) is 0.912. The van der Waals surface area contributed by atoms with E-state index < -0.39 is 0 Å². The Kier molecular flexibility index (Phi) is 5.53. The number of amides is 1. The standard InChI is InChI=1S/C16H22Cl2N2O/c1-10-8-12(6-7-19-10)16(21)20(3)11(2)14-5-4-13(17)9-15(14)18/h4-5,9-12,19H,6-8H2,1-3H3. The van der Waals surface area contributed by atoms with Crippen LogP contribution in [0.4, 0.5) is 0 Å². The van der Waals surface area contributed by atoms with Gasteiger partial charge in [-0.2, -0.15) is 0 Å². The van der Waals surface area contributed by atoms with Gasteiger partial charge in [-0.3, -0.25) is 4.79 Å². The van der Waals surface area contributed by atoms with Crippen LogP contribution in [0.3, 0.4) is 0 Å². The van der Waals surface area contributed by atoms with E-state index in [1.807, 2.05) is 26.1 Å². The molecule has 0 spiro atoms. The van der Waals surface area contributed by atoms with Crippen LogP contribution in [0.15, 0.2) is 18.2 Å². The van der Waals surface area contributed by atoms with Gasteiger partial charge in [0, 0.05) is 29.1 Å². The van der Waals surface area contributed by atoms with E-state index in [-0.39, 0.29) is 17.9 Å². The average Bonchev–Trinajstić information content (AvgIpc) is 2.45. The van der Waals surface area contributed by atoms with Crippen LogP contribution in [0.25, 0.3) is 0 Å². The van der Waals surface area contributed by atoms with Gasteiger partial charge < -0.3 is 10.2 Å². The van der Waals surface area contributed by atoms with Gasteiger partial charge in [0.25, 0.3) is 0 Å². The summed E-state index contributed by atoms with van der Waals surface area (Å²) in [4.78, 5) is 14.5. The van der Waals surface area contributed by atoms with Crippen LogP contribution in [0, 0.1) is 5.92 Å². The lowest BCUT2D eigenvalue weighted by Crippen LogP contribution is -2.43. The third-order valence-corrected chi connectivity index (χ3v) is 4.88. The first-order valence-electron chi connectivity index (χ1n) is 7.35. The van der Waals surface area contributed by atoms with Crippen LogP contribution in [-0.4, -0.2) is 30.4 Å². The van der Waals surface area contributed by atoms with E-state index in [2.05, 4.69) is 12.2 Å². The molecule has 3 unspecified atom stereocenters. The number of hydrogen-bond donors (Lipinski definition) is 1. The van der Waals surface area contributed by atoms with Crippen molar-refractivity contribution in [1.29, 1.82) is 0 Å². The smallest absolute Gasteiger partial charge is 0.226 e. The molecule has 0 radical (unpaired) electrons. The van der Waals surface area contributed by atoms with Crippen molar-refractivity contribution in [2.45, 2.75) is 38.8 Å². The fraction of sp³-hybridized carbons (Fsp3) is 0.562. The molecule has 3 nitrogen and oxygen atoms in total. The van der Waals surface area contributed by atoms with Gasteiger partial charge >= 0.3 is 0 Å². The topological polar surface area (TPSA) is 32.3 Å². The molecule has 1 aromatic rings. The number of carbonyl (C=O) groups is 1. The fourth-order valence-corrected chi connectivity index (χ4v) is 3.45. The number of piperidine rings is 1. The van der Waals surface area contributed by atoms with E-state index in [1.54, 1.807) is 11.0 Å². The number of hydrogen-bond acceptors (Lipinski definition) is 2. The van der Waals surface area contributed by atoms with Gasteiger partial charge in [-0.15, -0.1) is 0 Å². The van der Waals surface area contributed by atoms with E-state index >= 15 is 0 Å². The third-order valence-electron chi connectivity index (χ3n) is 4.31. The van der Waals surface area contributed by atoms with Crippen molar-refractivity contribution < 1.29 is 4.79 Å². The first-order chi connectivity index (χ1) is 9.90. The van der Waals surface area contributed by atoms with Crippen LogP contribution in [0.1, 0.15) is 38.3 Å². The monoisotopic (exact) mass is 328 g/mol.